The number of aromatic amines is 1. The lowest BCUT2D eigenvalue weighted by molar-refractivity contribution is -0.148. The number of carbonyl (C=O) groups excluding carboxylic acids is 3. The van der Waals surface area contributed by atoms with Crippen LogP contribution < -0.4 is 11.1 Å². The Morgan fingerprint density at radius 2 is 2.06 bits per heavy atom. The Hall–Kier alpha value is -5.48. The number of rotatable bonds is 10. The predicted molar refractivity (Wildman–Crippen MR) is 164 cm³/mol. The van der Waals surface area contributed by atoms with Crippen LogP contribution in [0.15, 0.2) is 51.4 Å². The Balaban J connectivity index is 1.21. The third kappa shape index (κ3) is 6.32. The molecule has 22 heteroatoms. The second-order valence-electron chi connectivity index (χ2n) is 9.59. The fraction of sp³-hybridized carbons (Fsp3) is 0.200. The minimum Gasteiger partial charge on any atom is -0.475 e. The van der Waals surface area contributed by atoms with E-state index in [0.717, 1.165) is 16.2 Å². The summed E-state index contributed by atoms with van der Waals surface area (Å²) in [5.41, 5.74) is 6.36. The van der Waals surface area contributed by atoms with Crippen LogP contribution in [0.4, 0.5) is 9.93 Å². The number of β-lactam (4-membered cyclic amide) rings is 1. The van der Waals surface area contributed by atoms with Crippen LogP contribution in [0, 0.1) is 6.92 Å². The lowest BCUT2D eigenvalue weighted by Crippen LogP contribution is -2.70. The molecule has 0 unspecified atom stereocenters. The number of carboxylic acids is 1. The maximum Gasteiger partial charge on any atom is 0.512 e. The number of hydrogen-bond acceptors (Lipinski definition) is 16. The van der Waals surface area contributed by atoms with Gasteiger partial charge < -0.3 is 35.8 Å². The molecule has 6 rings (SSSR count). The zero-order valence-electron chi connectivity index (χ0n) is 23.6. The summed E-state index contributed by atoms with van der Waals surface area (Å²) in [7, 11) is 0. The summed E-state index contributed by atoms with van der Waals surface area (Å²) < 4.78 is 6.30. The van der Waals surface area contributed by atoms with Crippen molar-refractivity contribution < 1.29 is 43.8 Å². The van der Waals surface area contributed by atoms with Gasteiger partial charge in [0, 0.05) is 34.3 Å². The van der Waals surface area contributed by atoms with Crippen molar-refractivity contribution in [1.82, 2.24) is 39.8 Å². The highest BCUT2D eigenvalue weighted by molar-refractivity contribution is 8.01. The Morgan fingerprint density at radius 3 is 2.74 bits per heavy atom. The van der Waals surface area contributed by atoms with Crippen LogP contribution >= 0.6 is 34.9 Å². The number of oxime groups is 1. The van der Waals surface area contributed by atoms with E-state index in [1.807, 2.05) is 0 Å². The van der Waals surface area contributed by atoms with Crippen molar-refractivity contribution in [1.29, 1.82) is 0 Å². The van der Waals surface area contributed by atoms with Crippen LogP contribution in [-0.4, -0.2) is 103 Å². The van der Waals surface area contributed by atoms with Gasteiger partial charge in [0.15, 0.2) is 10.8 Å². The molecule has 47 heavy (non-hydrogen) atoms. The summed E-state index contributed by atoms with van der Waals surface area (Å²) in [6, 6.07) is 3.54. The molecule has 19 nitrogen and oxygen atoms in total. The molecule has 242 valence electrons. The number of aryl methyl sites for hydroxylation is 1. The number of amides is 2. The van der Waals surface area contributed by atoms with E-state index in [2.05, 4.69) is 35.5 Å². The first kappa shape index (κ1) is 31.5. The molecule has 1 saturated heterocycles. The predicted octanol–water partition coefficient (Wildman–Crippen LogP) is 1.16. The number of fused-ring (bicyclic) bond motifs is 2. The van der Waals surface area contributed by atoms with Gasteiger partial charge in [-0.3, -0.25) is 14.5 Å². The van der Waals surface area contributed by atoms with Gasteiger partial charge in [0.05, 0.1) is 0 Å². The van der Waals surface area contributed by atoms with E-state index in [4.69, 9.17) is 15.3 Å². The summed E-state index contributed by atoms with van der Waals surface area (Å²) in [5, 5.41) is 30.2. The molecule has 2 amide bonds. The number of nitrogen functional groups attached to an aromatic ring is 1. The van der Waals surface area contributed by atoms with Gasteiger partial charge in [-0.1, -0.05) is 5.16 Å². The molecule has 2 atom stereocenters. The average Bonchev–Trinajstić information content (AvgIpc) is 3.80. The lowest BCUT2D eigenvalue weighted by atomic mass is 10.1. The van der Waals surface area contributed by atoms with E-state index in [-0.39, 0.29) is 39.7 Å². The van der Waals surface area contributed by atoms with Gasteiger partial charge in [0.25, 0.3) is 23.4 Å². The summed E-state index contributed by atoms with van der Waals surface area (Å²) in [5.74, 6) is -4.03. The molecule has 0 radical (unpaired) electrons. The van der Waals surface area contributed by atoms with Crippen LogP contribution in [0.2, 0.25) is 0 Å². The number of nitrogens with two attached hydrogens (primary N) is 1. The topological polar surface area (TPSA) is 270 Å². The number of H-pyrrole nitrogens is 1. The molecule has 6 N–H and O–H groups in total. The van der Waals surface area contributed by atoms with E-state index in [9.17, 15) is 34.2 Å². The zero-order chi connectivity index (χ0) is 33.4. The van der Waals surface area contributed by atoms with Crippen molar-refractivity contribution in [3.8, 4) is 0 Å². The lowest BCUT2D eigenvalue weighted by Gasteiger charge is -2.49. The smallest absolute Gasteiger partial charge is 0.475 e. The number of aromatic nitrogens is 6. The molecule has 4 aromatic heterocycles. The zero-order valence-corrected chi connectivity index (χ0v) is 26.1. The number of nitrogens with zero attached hydrogens (tertiary/aromatic N) is 7. The molecular formula is C25H20N10O9S3. The van der Waals surface area contributed by atoms with E-state index < -0.39 is 52.9 Å². The number of hydrogen-bond donors (Lipinski definition) is 5. The first-order chi connectivity index (χ1) is 22.5. The minimum absolute atomic E-state index is 0.00151. The number of carbonyl (C=O) groups is 5. The highest BCUT2D eigenvalue weighted by atomic mass is 32.2. The van der Waals surface area contributed by atoms with Crippen LogP contribution in [0.25, 0.3) is 5.78 Å². The van der Waals surface area contributed by atoms with Gasteiger partial charge >= 0.3 is 18.1 Å². The first-order valence-electron chi connectivity index (χ1n) is 13.1. The molecule has 0 saturated carbocycles. The molecule has 0 spiro atoms. The molecule has 0 aliphatic carbocycles. The third-order valence-corrected chi connectivity index (χ3v) is 9.57. The monoisotopic (exact) mass is 700 g/mol. The summed E-state index contributed by atoms with van der Waals surface area (Å²) in [6.45, 7) is 1.69. The molecule has 0 aromatic carbocycles. The number of nitrogens with one attached hydrogen (secondary N) is 2. The minimum atomic E-state index is -1.66. The Bertz CT molecular complexity index is 2010. The molecule has 0 bridgehead atoms. The maximum absolute atomic E-state index is 13.3. The average molecular weight is 701 g/mol. The number of anilines is 1. The molecule has 6 heterocycles. The number of ether oxygens (including phenoxy) is 1. The van der Waals surface area contributed by atoms with E-state index >= 15 is 0 Å². The second-order valence-corrected chi connectivity index (χ2v) is 12.6. The van der Waals surface area contributed by atoms with E-state index in [0.29, 0.717) is 16.3 Å². The van der Waals surface area contributed by atoms with E-state index in [1.165, 1.54) is 45.7 Å². The highest BCUT2D eigenvalue weighted by Crippen LogP contribution is 2.42. The molecular weight excluding hydrogens is 681 g/mol. The summed E-state index contributed by atoms with van der Waals surface area (Å²) in [6.07, 6.45) is -0.157. The van der Waals surface area contributed by atoms with Crippen molar-refractivity contribution in [2.45, 2.75) is 23.4 Å². The SMILES string of the molecule is Cc1cc(SCC2=C(OC(=O)O)N3C(=O)[C@@H](NC(=O)/C(=N\OC(=O)c4ccc[nH]4)c4csc(N)n4)[C@H]3SC2)n2nc(C(=O)O)nc2n1. The van der Waals surface area contributed by atoms with Gasteiger partial charge in [-0.25, -0.2) is 24.4 Å². The van der Waals surface area contributed by atoms with Crippen LogP contribution in [-0.2, 0) is 19.2 Å². The quantitative estimate of drug-likeness (QED) is 0.0295. The van der Waals surface area contributed by atoms with Gasteiger partial charge in [0.1, 0.15) is 27.8 Å². The second kappa shape index (κ2) is 12.7. The number of aromatic carboxylic acids is 1. The maximum atomic E-state index is 13.3. The van der Waals surface area contributed by atoms with Crippen LogP contribution in [0.3, 0.4) is 0 Å². The van der Waals surface area contributed by atoms with E-state index in [1.54, 1.807) is 19.1 Å². The van der Waals surface area contributed by atoms with Crippen molar-refractivity contribution in [2.75, 3.05) is 17.2 Å². The van der Waals surface area contributed by atoms with Gasteiger partial charge in [-0.15, -0.1) is 40.0 Å². The first-order valence-corrected chi connectivity index (χ1v) is 16.0. The Morgan fingerprint density at radius 1 is 1.26 bits per heavy atom. The molecule has 2 aliphatic heterocycles. The fourth-order valence-electron chi connectivity index (χ4n) is 4.42. The normalized spacial score (nSPS) is 17.7. The molecule has 4 aromatic rings. The Labute approximate surface area is 274 Å². The van der Waals surface area contributed by atoms with Crippen LogP contribution in [0.5, 0.6) is 0 Å². The van der Waals surface area contributed by atoms with Gasteiger partial charge in [0.2, 0.25) is 5.88 Å². The molecule has 1 fully saturated rings. The number of thioether (sulfide) groups is 2. The molecule has 2 aliphatic rings. The van der Waals surface area contributed by atoms with Crippen molar-refractivity contribution >= 4 is 81.4 Å². The third-order valence-electron chi connectivity index (χ3n) is 6.47. The summed E-state index contributed by atoms with van der Waals surface area (Å²) in [4.78, 5) is 82.8. The van der Waals surface area contributed by atoms with Gasteiger partial charge in [-0.2, -0.15) is 9.50 Å². The van der Waals surface area contributed by atoms with Crippen molar-refractivity contribution in [2.24, 2.45) is 5.16 Å². The largest absolute Gasteiger partial charge is 0.512 e. The summed E-state index contributed by atoms with van der Waals surface area (Å²) >= 11 is 3.43. The number of carboxylic acid groups (broad SMARTS) is 2. The van der Waals surface area contributed by atoms with Crippen molar-refractivity contribution in [3.05, 3.63) is 64.1 Å². The van der Waals surface area contributed by atoms with Crippen molar-refractivity contribution in [3.63, 3.8) is 0 Å². The van der Waals surface area contributed by atoms with Gasteiger partial charge in [-0.05, 0) is 25.1 Å². The fourth-order valence-corrected chi connectivity index (χ4v) is 7.47. The number of thiazole rings is 1. The highest BCUT2D eigenvalue weighted by Gasteiger charge is 2.54. The standard InChI is InChI=1S/C25H20N10O9S3/c1-9-5-13(35-24(28-9)31-16(32-35)21(38)39)45-6-10-7-46-20-15(18(37)34(20)19(10)43-25(41)42)30-17(36)14(12-8-47-23(26)29-12)33-44-22(40)11-3-2-4-27-11/h2-5,8,15,20,27H,6-7H2,1H3,(H2,26,29)(H,30,36)(H,38,39)(H,41,42)/b33-14-/t15-,20-/m1/s1. The van der Waals surface area contributed by atoms with Crippen LogP contribution in [0.1, 0.15) is 32.5 Å². The Kier molecular flexibility index (Phi) is 8.53.